The van der Waals surface area contributed by atoms with E-state index in [1.54, 1.807) is 0 Å². The van der Waals surface area contributed by atoms with Crippen molar-refractivity contribution < 1.29 is 4.74 Å². The van der Waals surface area contributed by atoms with Crippen molar-refractivity contribution in [3.8, 4) is 0 Å². The second-order valence-corrected chi connectivity index (χ2v) is 4.54. The first kappa shape index (κ1) is 12.5. The molecule has 3 heteroatoms. The summed E-state index contributed by atoms with van der Waals surface area (Å²) in [5.41, 5.74) is -0.0524. The van der Waals surface area contributed by atoms with Gasteiger partial charge in [0.25, 0.3) is 0 Å². The van der Waals surface area contributed by atoms with Gasteiger partial charge in [0, 0.05) is 18.4 Å². The zero-order valence-corrected chi connectivity index (χ0v) is 9.58. The van der Waals surface area contributed by atoms with Gasteiger partial charge in [-0.05, 0) is 33.1 Å². The number of halogens is 2. The van der Waals surface area contributed by atoms with Crippen LogP contribution in [0.25, 0.3) is 0 Å². The Morgan fingerprint density at radius 3 is 2.00 bits per heavy atom. The predicted molar refractivity (Wildman–Crippen MR) is 55.3 cm³/mol. The van der Waals surface area contributed by atoms with Crippen LogP contribution < -0.4 is 0 Å². The molecular weight excluding hydrogens is 195 g/mol. The third-order valence-corrected chi connectivity index (χ3v) is 2.37. The maximum Gasteiger partial charge on any atom is 0.0598 e. The lowest BCUT2D eigenvalue weighted by atomic mass is 10.1. The molecule has 0 radical (unpaired) electrons. The van der Waals surface area contributed by atoms with Crippen molar-refractivity contribution >= 4 is 23.2 Å². The maximum absolute atomic E-state index is 5.68. The molecule has 0 aliphatic carbocycles. The molecule has 0 N–H and O–H groups in total. The van der Waals surface area contributed by atoms with Gasteiger partial charge in [0.2, 0.25) is 0 Å². The molecule has 0 saturated heterocycles. The van der Waals surface area contributed by atoms with Crippen molar-refractivity contribution in [2.75, 3.05) is 18.4 Å². The minimum absolute atomic E-state index is 0.0524. The van der Waals surface area contributed by atoms with Gasteiger partial charge in [-0.15, -0.1) is 23.2 Å². The van der Waals surface area contributed by atoms with Crippen molar-refractivity contribution in [3.63, 3.8) is 0 Å². The van der Waals surface area contributed by atoms with E-state index in [4.69, 9.17) is 27.9 Å². The third-order valence-electron chi connectivity index (χ3n) is 1.50. The molecule has 0 spiro atoms. The van der Waals surface area contributed by atoms with Gasteiger partial charge in [-0.25, -0.2) is 0 Å². The van der Waals surface area contributed by atoms with E-state index < -0.39 is 0 Å². The minimum Gasteiger partial charge on any atom is -0.376 e. The standard InChI is InChI=1S/C9H18Cl2O/c1-9(2,3)12-5-4-8(6-10)7-11/h8H,4-7H2,1-3H3. The Hall–Kier alpha value is 0.540. The van der Waals surface area contributed by atoms with Gasteiger partial charge in [-0.3, -0.25) is 0 Å². The molecule has 0 atom stereocenters. The first-order valence-corrected chi connectivity index (χ1v) is 5.32. The summed E-state index contributed by atoms with van der Waals surface area (Å²) < 4.78 is 5.55. The van der Waals surface area contributed by atoms with Crippen molar-refractivity contribution in [2.24, 2.45) is 5.92 Å². The molecule has 0 rings (SSSR count). The van der Waals surface area contributed by atoms with Crippen LogP contribution in [0.3, 0.4) is 0 Å². The summed E-state index contributed by atoms with van der Waals surface area (Å²) in [5, 5.41) is 0. The second kappa shape index (κ2) is 6.06. The Kier molecular flexibility index (Phi) is 6.34. The molecule has 0 fully saturated rings. The van der Waals surface area contributed by atoms with Gasteiger partial charge >= 0.3 is 0 Å². The van der Waals surface area contributed by atoms with Gasteiger partial charge < -0.3 is 4.74 Å². The normalized spacial score (nSPS) is 12.5. The van der Waals surface area contributed by atoms with E-state index >= 15 is 0 Å². The molecule has 1 nitrogen and oxygen atoms in total. The van der Waals surface area contributed by atoms with Crippen molar-refractivity contribution in [1.29, 1.82) is 0 Å². The molecule has 0 heterocycles. The third kappa shape index (κ3) is 7.20. The average Bonchev–Trinajstić information content (AvgIpc) is 1.96. The first-order chi connectivity index (χ1) is 5.49. The molecule has 74 valence electrons. The average molecular weight is 213 g/mol. The SMILES string of the molecule is CC(C)(C)OCCC(CCl)CCl. The first-order valence-electron chi connectivity index (χ1n) is 4.25. The molecule has 0 saturated carbocycles. The molecular formula is C9H18Cl2O. The summed E-state index contributed by atoms with van der Waals surface area (Å²) in [7, 11) is 0. The largest absolute Gasteiger partial charge is 0.376 e. The van der Waals surface area contributed by atoms with Crippen LogP contribution in [0.4, 0.5) is 0 Å². The van der Waals surface area contributed by atoms with Gasteiger partial charge in [0.15, 0.2) is 0 Å². The fourth-order valence-electron chi connectivity index (χ4n) is 0.727. The Balaban J connectivity index is 3.41. The smallest absolute Gasteiger partial charge is 0.0598 e. The summed E-state index contributed by atoms with van der Waals surface area (Å²) in [6.07, 6.45) is 0.949. The number of rotatable bonds is 5. The van der Waals surface area contributed by atoms with E-state index in [1.807, 2.05) is 20.8 Å². The van der Waals surface area contributed by atoms with Crippen LogP contribution >= 0.6 is 23.2 Å². The fourth-order valence-corrected chi connectivity index (χ4v) is 1.37. The van der Waals surface area contributed by atoms with E-state index in [9.17, 15) is 0 Å². The fraction of sp³-hybridized carbons (Fsp3) is 1.00. The highest BCUT2D eigenvalue weighted by atomic mass is 35.5. The number of hydrogen-bond acceptors (Lipinski definition) is 1. The molecule has 0 aromatic heterocycles. The van der Waals surface area contributed by atoms with Crippen LogP contribution in [0.1, 0.15) is 27.2 Å². The van der Waals surface area contributed by atoms with E-state index in [-0.39, 0.29) is 5.60 Å². The summed E-state index contributed by atoms with van der Waals surface area (Å²) in [6.45, 7) is 6.88. The molecule has 0 aliphatic heterocycles. The van der Waals surface area contributed by atoms with Crippen LogP contribution in [-0.2, 0) is 4.74 Å². The quantitative estimate of drug-likeness (QED) is 0.637. The molecule has 0 aromatic carbocycles. The second-order valence-electron chi connectivity index (χ2n) is 3.92. The van der Waals surface area contributed by atoms with Crippen LogP contribution in [0.15, 0.2) is 0 Å². The molecule has 0 aliphatic rings. The van der Waals surface area contributed by atoms with Crippen molar-refractivity contribution in [1.82, 2.24) is 0 Å². The number of hydrogen-bond donors (Lipinski definition) is 0. The Morgan fingerprint density at radius 1 is 1.17 bits per heavy atom. The Bertz CT molecular complexity index is 106. The predicted octanol–water partition coefficient (Wildman–Crippen LogP) is 3.29. The van der Waals surface area contributed by atoms with E-state index in [1.165, 1.54) is 0 Å². The van der Waals surface area contributed by atoms with Gasteiger partial charge in [-0.1, -0.05) is 0 Å². The zero-order chi connectivity index (χ0) is 9.61. The van der Waals surface area contributed by atoms with Gasteiger partial charge in [-0.2, -0.15) is 0 Å². The summed E-state index contributed by atoms with van der Waals surface area (Å²) >= 11 is 11.4. The van der Waals surface area contributed by atoms with Crippen LogP contribution in [0.2, 0.25) is 0 Å². The summed E-state index contributed by atoms with van der Waals surface area (Å²) in [6, 6.07) is 0. The molecule has 12 heavy (non-hydrogen) atoms. The highest BCUT2D eigenvalue weighted by Gasteiger charge is 2.11. The number of ether oxygens (including phenoxy) is 1. The molecule has 0 unspecified atom stereocenters. The maximum atomic E-state index is 5.68. The van der Waals surface area contributed by atoms with Crippen LogP contribution in [0, 0.1) is 5.92 Å². The monoisotopic (exact) mass is 212 g/mol. The summed E-state index contributed by atoms with van der Waals surface area (Å²) in [4.78, 5) is 0. The lowest BCUT2D eigenvalue weighted by Gasteiger charge is -2.20. The molecule has 0 amide bonds. The topological polar surface area (TPSA) is 9.23 Å². The van der Waals surface area contributed by atoms with Gasteiger partial charge in [0.1, 0.15) is 0 Å². The van der Waals surface area contributed by atoms with E-state index in [0.29, 0.717) is 17.7 Å². The van der Waals surface area contributed by atoms with E-state index in [0.717, 1.165) is 13.0 Å². The van der Waals surface area contributed by atoms with Crippen LogP contribution in [0.5, 0.6) is 0 Å². The highest BCUT2D eigenvalue weighted by molar-refractivity contribution is 6.20. The minimum atomic E-state index is -0.0524. The van der Waals surface area contributed by atoms with Gasteiger partial charge in [0.05, 0.1) is 5.60 Å². The number of alkyl halides is 2. The van der Waals surface area contributed by atoms with Crippen LogP contribution in [-0.4, -0.2) is 24.0 Å². The Labute approximate surface area is 85.4 Å². The Morgan fingerprint density at radius 2 is 1.67 bits per heavy atom. The van der Waals surface area contributed by atoms with E-state index in [2.05, 4.69) is 0 Å². The lowest BCUT2D eigenvalue weighted by Crippen LogP contribution is -2.21. The zero-order valence-electron chi connectivity index (χ0n) is 8.07. The highest BCUT2D eigenvalue weighted by Crippen LogP contribution is 2.12. The molecule has 0 aromatic rings. The lowest BCUT2D eigenvalue weighted by molar-refractivity contribution is -0.00751. The summed E-state index contributed by atoms with van der Waals surface area (Å²) in [5.74, 6) is 1.63. The molecule has 0 bridgehead atoms. The van der Waals surface area contributed by atoms with Crippen molar-refractivity contribution in [3.05, 3.63) is 0 Å². The van der Waals surface area contributed by atoms with Crippen molar-refractivity contribution in [2.45, 2.75) is 32.8 Å².